The Hall–Kier alpha value is -2.24. The van der Waals surface area contributed by atoms with Crippen LogP contribution in [0.1, 0.15) is 36.0 Å². The van der Waals surface area contributed by atoms with Crippen molar-refractivity contribution in [3.63, 3.8) is 0 Å². The lowest BCUT2D eigenvalue weighted by Gasteiger charge is -2.26. The molecule has 1 aromatic carbocycles. The van der Waals surface area contributed by atoms with E-state index in [0.717, 1.165) is 25.9 Å². The van der Waals surface area contributed by atoms with Crippen LogP contribution >= 0.6 is 0 Å². The number of aromatic hydroxyl groups is 1. The van der Waals surface area contributed by atoms with E-state index in [1.807, 2.05) is 4.90 Å². The maximum absolute atomic E-state index is 11.9. The van der Waals surface area contributed by atoms with Crippen LogP contribution in [0.3, 0.4) is 0 Å². The van der Waals surface area contributed by atoms with Gasteiger partial charge >= 0.3 is 0 Å². The predicted octanol–water partition coefficient (Wildman–Crippen LogP) is 1.11. The molecule has 0 unspecified atom stereocenters. The highest BCUT2D eigenvalue weighted by Crippen LogP contribution is 2.20. The van der Waals surface area contributed by atoms with Gasteiger partial charge in [0, 0.05) is 31.6 Å². The molecule has 2 rings (SSSR count). The van der Waals surface area contributed by atoms with Crippen LogP contribution in [-0.4, -0.2) is 41.5 Å². The second kappa shape index (κ2) is 6.97. The van der Waals surface area contributed by atoms with Gasteiger partial charge in [-0.15, -0.1) is 0 Å². The SMILES string of the molecule is Nc1ccc(C(=O)NCCC(=O)N2CCCCC2)cc1O. The number of benzene rings is 1. The normalized spacial score (nSPS) is 14.8. The van der Waals surface area contributed by atoms with Crippen LogP contribution in [0.5, 0.6) is 5.75 Å². The van der Waals surface area contributed by atoms with E-state index in [2.05, 4.69) is 5.32 Å². The number of carbonyl (C=O) groups excluding carboxylic acids is 2. The molecule has 0 aromatic heterocycles. The number of nitrogens with two attached hydrogens (primary N) is 1. The predicted molar refractivity (Wildman–Crippen MR) is 79.9 cm³/mol. The summed E-state index contributed by atoms with van der Waals surface area (Å²) >= 11 is 0. The zero-order chi connectivity index (χ0) is 15.2. The Balaban J connectivity index is 1.78. The van der Waals surface area contributed by atoms with Gasteiger partial charge < -0.3 is 21.1 Å². The Morgan fingerprint density at radius 1 is 1.24 bits per heavy atom. The number of amides is 2. The van der Waals surface area contributed by atoms with E-state index in [1.165, 1.54) is 24.6 Å². The molecule has 1 aliphatic rings. The number of phenols is 1. The van der Waals surface area contributed by atoms with Crippen molar-refractivity contribution in [2.75, 3.05) is 25.4 Å². The first-order chi connectivity index (χ1) is 10.1. The van der Waals surface area contributed by atoms with Crippen molar-refractivity contribution in [2.24, 2.45) is 0 Å². The van der Waals surface area contributed by atoms with E-state index in [9.17, 15) is 14.7 Å². The van der Waals surface area contributed by atoms with E-state index in [1.54, 1.807) is 0 Å². The summed E-state index contributed by atoms with van der Waals surface area (Å²) in [5.41, 5.74) is 6.03. The smallest absolute Gasteiger partial charge is 0.251 e. The van der Waals surface area contributed by atoms with Crippen LogP contribution in [0.4, 0.5) is 5.69 Å². The van der Waals surface area contributed by atoms with Crippen molar-refractivity contribution in [3.05, 3.63) is 23.8 Å². The molecule has 1 aromatic rings. The van der Waals surface area contributed by atoms with Gasteiger partial charge in [-0.25, -0.2) is 0 Å². The molecule has 0 atom stereocenters. The number of hydrogen-bond donors (Lipinski definition) is 3. The summed E-state index contributed by atoms with van der Waals surface area (Å²) in [6, 6.07) is 4.33. The van der Waals surface area contributed by atoms with Gasteiger partial charge in [-0.05, 0) is 37.5 Å². The number of carbonyl (C=O) groups is 2. The highest BCUT2D eigenvalue weighted by molar-refractivity contribution is 5.95. The highest BCUT2D eigenvalue weighted by Gasteiger charge is 2.16. The molecule has 0 spiro atoms. The fourth-order valence-corrected chi connectivity index (χ4v) is 2.37. The second-order valence-electron chi connectivity index (χ2n) is 5.22. The number of anilines is 1. The molecule has 2 amide bonds. The number of piperidine rings is 1. The van der Waals surface area contributed by atoms with E-state index >= 15 is 0 Å². The van der Waals surface area contributed by atoms with Crippen molar-refractivity contribution < 1.29 is 14.7 Å². The molecule has 4 N–H and O–H groups in total. The van der Waals surface area contributed by atoms with Crippen molar-refractivity contribution >= 4 is 17.5 Å². The summed E-state index contributed by atoms with van der Waals surface area (Å²) < 4.78 is 0. The number of likely N-dealkylation sites (tertiary alicyclic amines) is 1. The molecule has 0 radical (unpaired) electrons. The Kier molecular flexibility index (Phi) is 5.03. The summed E-state index contributed by atoms with van der Waals surface area (Å²) in [6.45, 7) is 1.93. The molecular formula is C15H21N3O3. The third-order valence-electron chi connectivity index (χ3n) is 3.63. The van der Waals surface area contributed by atoms with Crippen LogP contribution in [0.25, 0.3) is 0 Å². The van der Waals surface area contributed by atoms with Crippen LogP contribution in [0.15, 0.2) is 18.2 Å². The molecule has 0 saturated carbocycles. The van der Waals surface area contributed by atoms with Gasteiger partial charge in [-0.2, -0.15) is 0 Å². The topological polar surface area (TPSA) is 95.7 Å². The maximum Gasteiger partial charge on any atom is 0.251 e. The Morgan fingerprint density at radius 3 is 2.62 bits per heavy atom. The third-order valence-corrected chi connectivity index (χ3v) is 3.63. The first-order valence-corrected chi connectivity index (χ1v) is 7.22. The average molecular weight is 291 g/mol. The fourth-order valence-electron chi connectivity index (χ4n) is 2.37. The maximum atomic E-state index is 11.9. The summed E-state index contributed by atoms with van der Waals surface area (Å²) in [4.78, 5) is 25.7. The van der Waals surface area contributed by atoms with Gasteiger partial charge in [0.05, 0.1) is 5.69 Å². The Morgan fingerprint density at radius 2 is 1.95 bits per heavy atom. The van der Waals surface area contributed by atoms with E-state index in [0.29, 0.717) is 18.5 Å². The molecule has 0 aliphatic carbocycles. The van der Waals surface area contributed by atoms with Crippen LogP contribution in [0, 0.1) is 0 Å². The van der Waals surface area contributed by atoms with E-state index in [4.69, 9.17) is 5.73 Å². The van der Waals surface area contributed by atoms with Gasteiger partial charge in [0.2, 0.25) is 5.91 Å². The summed E-state index contributed by atoms with van der Waals surface area (Å²) in [5.74, 6) is -0.362. The monoisotopic (exact) mass is 291 g/mol. The van der Waals surface area contributed by atoms with Gasteiger partial charge in [-0.3, -0.25) is 9.59 Å². The van der Waals surface area contributed by atoms with E-state index < -0.39 is 0 Å². The zero-order valence-corrected chi connectivity index (χ0v) is 12.0. The number of hydrogen-bond acceptors (Lipinski definition) is 4. The number of phenolic OH excluding ortho intramolecular Hbond substituents is 1. The first kappa shape index (κ1) is 15.2. The first-order valence-electron chi connectivity index (χ1n) is 7.22. The number of nitrogens with one attached hydrogen (secondary N) is 1. The lowest BCUT2D eigenvalue weighted by atomic mass is 10.1. The zero-order valence-electron chi connectivity index (χ0n) is 12.0. The lowest BCUT2D eigenvalue weighted by molar-refractivity contribution is -0.131. The van der Waals surface area contributed by atoms with Crippen molar-refractivity contribution in [1.29, 1.82) is 0 Å². The van der Waals surface area contributed by atoms with Crippen LogP contribution in [0.2, 0.25) is 0 Å². The molecule has 114 valence electrons. The number of nitrogens with zero attached hydrogens (tertiary/aromatic N) is 1. The minimum atomic E-state index is -0.322. The van der Waals surface area contributed by atoms with Crippen molar-refractivity contribution in [2.45, 2.75) is 25.7 Å². The molecule has 1 fully saturated rings. The van der Waals surface area contributed by atoms with Gasteiger partial charge in [0.25, 0.3) is 5.91 Å². The largest absolute Gasteiger partial charge is 0.506 e. The molecule has 0 bridgehead atoms. The summed E-state index contributed by atoms with van der Waals surface area (Å²) in [6.07, 6.45) is 3.60. The fraction of sp³-hybridized carbons (Fsp3) is 0.467. The standard InChI is InChI=1S/C15H21N3O3/c16-12-5-4-11(10-13(12)19)15(21)17-7-6-14(20)18-8-2-1-3-9-18/h4-5,10,19H,1-3,6-9,16H2,(H,17,21). The Bertz CT molecular complexity index is 525. The van der Waals surface area contributed by atoms with Crippen LogP contribution < -0.4 is 11.1 Å². The summed E-state index contributed by atoms with van der Waals surface area (Å²) in [5, 5.41) is 12.1. The summed E-state index contributed by atoms with van der Waals surface area (Å²) in [7, 11) is 0. The molecule has 21 heavy (non-hydrogen) atoms. The Labute approximate surface area is 123 Å². The average Bonchev–Trinajstić information content (AvgIpc) is 2.50. The van der Waals surface area contributed by atoms with Crippen molar-refractivity contribution in [3.8, 4) is 5.75 Å². The van der Waals surface area contributed by atoms with Gasteiger partial charge in [0.1, 0.15) is 5.75 Å². The quantitative estimate of drug-likeness (QED) is 0.572. The van der Waals surface area contributed by atoms with Crippen molar-refractivity contribution in [1.82, 2.24) is 10.2 Å². The number of nitrogen functional groups attached to an aromatic ring is 1. The van der Waals surface area contributed by atoms with Crippen LogP contribution in [-0.2, 0) is 4.79 Å². The van der Waals surface area contributed by atoms with Gasteiger partial charge in [-0.1, -0.05) is 0 Å². The number of rotatable bonds is 4. The lowest BCUT2D eigenvalue weighted by Crippen LogP contribution is -2.37. The molecule has 1 saturated heterocycles. The highest BCUT2D eigenvalue weighted by atomic mass is 16.3. The minimum absolute atomic E-state index is 0.0788. The minimum Gasteiger partial charge on any atom is -0.506 e. The third kappa shape index (κ3) is 4.11. The second-order valence-corrected chi connectivity index (χ2v) is 5.22. The van der Waals surface area contributed by atoms with E-state index in [-0.39, 0.29) is 23.3 Å². The molecule has 1 heterocycles. The molecule has 1 aliphatic heterocycles. The van der Waals surface area contributed by atoms with Gasteiger partial charge in [0.15, 0.2) is 0 Å². The molecule has 6 heteroatoms. The molecular weight excluding hydrogens is 270 g/mol. The molecule has 6 nitrogen and oxygen atoms in total.